The van der Waals surface area contributed by atoms with Gasteiger partial charge >= 0.3 is 0 Å². The predicted molar refractivity (Wildman–Crippen MR) is 83.8 cm³/mol. The van der Waals surface area contributed by atoms with Crippen molar-refractivity contribution in [1.29, 1.82) is 5.26 Å². The molecule has 2 aromatic rings. The maximum Gasteiger partial charge on any atom is 0.130 e. The zero-order chi connectivity index (χ0) is 14.5. The molecule has 106 valence electrons. The minimum absolute atomic E-state index is 0.646. The molecule has 0 radical (unpaired) electrons. The number of nitrogens with zero attached hydrogens (tertiary/aromatic N) is 3. The number of nitriles is 1. The summed E-state index contributed by atoms with van der Waals surface area (Å²) < 4.78 is 0. The summed E-state index contributed by atoms with van der Waals surface area (Å²) in [6.45, 7) is 3.87. The normalized spacial score (nSPS) is 14.5. The molecule has 0 amide bonds. The summed E-state index contributed by atoms with van der Waals surface area (Å²) >= 11 is 0. The monoisotopic (exact) mass is 279 g/mol. The molecule has 5 nitrogen and oxygen atoms in total. The molecule has 2 heterocycles. The van der Waals surface area contributed by atoms with Crippen LogP contribution in [-0.4, -0.2) is 31.2 Å². The van der Waals surface area contributed by atoms with Crippen LogP contribution in [0.1, 0.15) is 5.56 Å². The molecule has 5 heteroatoms. The molecule has 0 bridgehead atoms. The minimum Gasteiger partial charge on any atom is -0.367 e. The van der Waals surface area contributed by atoms with E-state index >= 15 is 0 Å². The smallest absolute Gasteiger partial charge is 0.130 e. The second-order valence-electron chi connectivity index (χ2n) is 4.92. The van der Waals surface area contributed by atoms with E-state index in [0.717, 1.165) is 43.4 Å². The van der Waals surface area contributed by atoms with Crippen molar-refractivity contribution in [2.75, 3.05) is 36.4 Å². The summed E-state index contributed by atoms with van der Waals surface area (Å²) in [5, 5.41) is 15.8. The first-order chi connectivity index (χ1) is 10.4. The Balaban J connectivity index is 1.93. The summed E-state index contributed by atoms with van der Waals surface area (Å²) in [6, 6.07) is 13.7. The Labute approximate surface area is 124 Å². The molecule has 21 heavy (non-hydrogen) atoms. The third-order valence-electron chi connectivity index (χ3n) is 3.51. The van der Waals surface area contributed by atoms with Crippen LogP contribution >= 0.6 is 0 Å². The summed E-state index contributed by atoms with van der Waals surface area (Å²) in [5.74, 6) is 0.781. The topological polar surface area (TPSA) is 64.0 Å². The van der Waals surface area contributed by atoms with Crippen LogP contribution in [-0.2, 0) is 0 Å². The lowest BCUT2D eigenvalue weighted by molar-refractivity contribution is 0.589. The Morgan fingerprint density at radius 3 is 2.76 bits per heavy atom. The van der Waals surface area contributed by atoms with Gasteiger partial charge in [-0.25, -0.2) is 4.98 Å². The summed E-state index contributed by atoms with van der Waals surface area (Å²) in [5.41, 5.74) is 2.68. The van der Waals surface area contributed by atoms with Gasteiger partial charge in [0.15, 0.2) is 0 Å². The van der Waals surface area contributed by atoms with Gasteiger partial charge in [-0.15, -0.1) is 0 Å². The lowest BCUT2D eigenvalue weighted by Gasteiger charge is -2.31. The molecule has 1 aromatic heterocycles. The Bertz CT molecular complexity index is 641. The number of piperazine rings is 1. The van der Waals surface area contributed by atoms with Gasteiger partial charge in [0.25, 0.3) is 0 Å². The van der Waals surface area contributed by atoms with E-state index in [0.29, 0.717) is 5.56 Å². The quantitative estimate of drug-likeness (QED) is 0.901. The molecule has 1 aromatic carbocycles. The number of nitrogens with one attached hydrogen (secondary N) is 2. The lowest BCUT2D eigenvalue weighted by atomic mass is 10.1. The van der Waals surface area contributed by atoms with Crippen LogP contribution in [0.4, 0.5) is 17.2 Å². The number of anilines is 3. The van der Waals surface area contributed by atoms with Crippen LogP contribution < -0.4 is 15.5 Å². The molecule has 1 aliphatic rings. The number of benzene rings is 1. The van der Waals surface area contributed by atoms with Crippen molar-refractivity contribution in [2.45, 2.75) is 0 Å². The van der Waals surface area contributed by atoms with E-state index in [2.05, 4.69) is 26.6 Å². The molecule has 0 unspecified atom stereocenters. The zero-order valence-electron chi connectivity index (χ0n) is 11.7. The second kappa shape index (κ2) is 6.25. The molecule has 1 fully saturated rings. The van der Waals surface area contributed by atoms with Crippen molar-refractivity contribution in [3.63, 3.8) is 0 Å². The van der Waals surface area contributed by atoms with E-state index < -0.39 is 0 Å². The molecular formula is C16H17N5. The highest BCUT2D eigenvalue weighted by Crippen LogP contribution is 2.29. The molecule has 3 rings (SSSR count). The van der Waals surface area contributed by atoms with Crippen molar-refractivity contribution in [2.24, 2.45) is 0 Å². The average Bonchev–Trinajstić information content (AvgIpc) is 2.56. The van der Waals surface area contributed by atoms with Crippen molar-refractivity contribution in [3.05, 3.63) is 48.2 Å². The van der Waals surface area contributed by atoms with Gasteiger partial charge in [-0.3, -0.25) is 0 Å². The molecule has 1 aliphatic heterocycles. The molecule has 0 atom stereocenters. The van der Waals surface area contributed by atoms with Gasteiger partial charge in [0.1, 0.15) is 5.82 Å². The van der Waals surface area contributed by atoms with E-state index in [9.17, 15) is 0 Å². The Morgan fingerprint density at radius 2 is 2.05 bits per heavy atom. The van der Waals surface area contributed by atoms with E-state index in [-0.39, 0.29) is 0 Å². The van der Waals surface area contributed by atoms with Gasteiger partial charge < -0.3 is 15.5 Å². The van der Waals surface area contributed by atoms with Crippen molar-refractivity contribution in [3.8, 4) is 6.07 Å². The number of hydrogen-bond donors (Lipinski definition) is 2. The van der Waals surface area contributed by atoms with Crippen molar-refractivity contribution >= 4 is 17.2 Å². The first kappa shape index (κ1) is 13.4. The second-order valence-corrected chi connectivity index (χ2v) is 4.92. The lowest BCUT2D eigenvalue weighted by Crippen LogP contribution is -2.43. The highest BCUT2D eigenvalue weighted by atomic mass is 15.2. The van der Waals surface area contributed by atoms with Gasteiger partial charge in [-0.2, -0.15) is 5.26 Å². The average molecular weight is 279 g/mol. The molecule has 1 saturated heterocycles. The van der Waals surface area contributed by atoms with Gasteiger partial charge in [0, 0.05) is 32.4 Å². The number of rotatable bonds is 3. The third-order valence-corrected chi connectivity index (χ3v) is 3.51. The van der Waals surface area contributed by atoms with Crippen molar-refractivity contribution < 1.29 is 0 Å². The Hall–Kier alpha value is -2.58. The van der Waals surface area contributed by atoms with Crippen LogP contribution in [0, 0.1) is 11.3 Å². The Morgan fingerprint density at radius 1 is 1.19 bits per heavy atom. The first-order valence-corrected chi connectivity index (χ1v) is 7.05. The fourth-order valence-corrected chi connectivity index (χ4v) is 2.46. The Kier molecular flexibility index (Phi) is 3.99. The molecule has 2 N–H and O–H groups in total. The minimum atomic E-state index is 0.646. The van der Waals surface area contributed by atoms with Crippen LogP contribution in [0.15, 0.2) is 42.6 Å². The largest absolute Gasteiger partial charge is 0.367 e. The van der Waals surface area contributed by atoms with Crippen LogP contribution in [0.25, 0.3) is 0 Å². The number of pyridine rings is 1. The number of hydrogen-bond acceptors (Lipinski definition) is 5. The van der Waals surface area contributed by atoms with E-state index in [4.69, 9.17) is 5.26 Å². The molecule has 0 aliphatic carbocycles. The molecular weight excluding hydrogens is 262 g/mol. The highest BCUT2D eigenvalue weighted by Gasteiger charge is 2.15. The first-order valence-electron chi connectivity index (χ1n) is 7.05. The number of aromatic nitrogens is 1. The maximum absolute atomic E-state index is 9.11. The van der Waals surface area contributed by atoms with Crippen molar-refractivity contribution in [1.82, 2.24) is 10.3 Å². The van der Waals surface area contributed by atoms with Gasteiger partial charge in [0.2, 0.25) is 0 Å². The van der Waals surface area contributed by atoms with Crippen LogP contribution in [0.3, 0.4) is 0 Å². The summed E-state index contributed by atoms with van der Waals surface area (Å²) in [6.07, 6.45) is 1.75. The fourth-order valence-electron chi connectivity index (χ4n) is 2.46. The van der Waals surface area contributed by atoms with Gasteiger partial charge in [0.05, 0.1) is 23.0 Å². The standard InChI is InChI=1S/C16H17N5/c17-12-13-4-5-15(21-9-7-18-8-10-21)14(11-13)20-16-3-1-2-6-19-16/h1-6,11,18H,7-10H2,(H,19,20). The summed E-state index contributed by atoms with van der Waals surface area (Å²) in [4.78, 5) is 6.61. The van der Waals surface area contributed by atoms with E-state index in [1.54, 1.807) is 6.20 Å². The predicted octanol–water partition coefficient (Wildman–Crippen LogP) is 2.11. The fraction of sp³-hybridized carbons (Fsp3) is 0.250. The molecule has 0 spiro atoms. The van der Waals surface area contributed by atoms with Gasteiger partial charge in [-0.05, 0) is 30.3 Å². The third kappa shape index (κ3) is 3.12. The van der Waals surface area contributed by atoms with E-state index in [1.165, 1.54) is 0 Å². The van der Waals surface area contributed by atoms with Crippen LogP contribution in [0.2, 0.25) is 0 Å². The SMILES string of the molecule is N#Cc1ccc(N2CCNCC2)c(Nc2ccccn2)c1. The van der Waals surface area contributed by atoms with E-state index in [1.807, 2.05) is 36.4 Å². The molecule has 0 saturated carbocycles. The van der Waals surface area contributed by atoms with Crippen LogP contribution in [0.5, 0.6) is 0 Å². The van der Waals surface area contributed by atoms with Gasteiger partial charge in [-0.1, -0.05) is 6.07 Å². The highest BCUT2D eigenvalue weighted by molar-refractivity contribution is 5.76. The maximum atomic E-state index is 9.11. The summed E-state index contributed by atoms with van der Waals surface area (Å²) in [7, 11) is 0. The zero-order valence-corrected chi connectivity index (χ0v) is 11.7.